The fourth-order valence-electron chi connectivity index (χ4n) is 2.27. The number of benzene rings is 1. The third-order valence-electron chi connectivity index (χ3n) is 3.14. The van der Waals surface area contributed by atoms with E-state index >= 15 is 0 Å². The maximum absolute atomic E-state index is 11.8. The second-order valence-electron chi connectivity index (χ2n) is 5.03. The van der Waals surface area contributed by atoms with E-state index in [0.717, 1.165) is 0 Å². The summed E-state index contributed by atoms with van der Waals surface area (Å²) in [6, 6.07) is 6.57. The molecule has 2 heteroatoms. The zero-order chi connectivity index (χ0) is 12.3. The molecule has 0 aliphatic heterocycles. The highest BCUT2D eigenvalue weighted by Gasteiger charge is 2.12. The average Bonchev–Trinajstić information content (AvgIpc) is 2.73. The summed E-state index contributed by atoms with van der Waals surface area (Å²) < 4.78 is 0. The van der Waals surface area contributed by atoms with E-state index in [1.807, 2.05) is 0 Å². The molecule has 0 heterocycles. The van der Waals surface area contributed by atoms with Crippen molar-refractivity contribution in [3.05, 3.63) is 34.9 Å². The first-order valence-electron chi connectivity index (χ1n) is 6.39. The van der Waals surface area contributed by atoms with Crippen LogP contribution < -0.4 is 0 Å². The van der Waals surface area contributed by atoms with E-state index < -0.39 is 0 Å². The van der Waals surface area contributed by atoms with Crippen molar-refractivity contribution in [1.29, 1.82) is 0 Å². The Bertz CT molecular complexity index is 409. The lowest BCUT2D eigenvalue weighted by Gasteiger charge is -2.06. The Morgan fingerprint density at radius 1 is 1.29 bits per heavy atom. The molecule has 0 N–H and O–H groups in total. The minimum atomic E-state index is 0.349. The number of Topliss-reactive ketones (excluding diaryl/α,β-unsaturated/α-hetero) is 1. The minimum Gasteiger partial charge on any atom is -0.298 e. The number of hydrogen-bond donors (Lipinski definition) is 0. The second-order valence-corrected chi connectivity index (χ2v) is 6.60. The number of ketones is 1. The number of fused-ring (bicyclic) bond motifs is 1. The Labute approximate surface area is 108 Å². The predicted molar refractivity (Wildman–Crippen MR) is 74.8 cm³/mol. The molecule has 1 aliphatic carbocycles. The van der Waals surface area contributed by atoms with Crippen LogP contribution in [-0.4, -0.2) is 16.8 Å². The number of hydrogen-bond acceptors (Lipinski definition) is 2. The molecule has 0 atom stereocenters. The van der Waals surface area contributed by atoms with Crippen molar-refractivity contribution in [1.82, 2.24) is 0 Å². The van der Waals surface area contributed by atoms with Crippen LogP contribution in [0.25, 0.3) is 0 Å². The maximum atomic E-state index is 11.8. The van der Waals surface area contributed by atoms with Crippen LogP contribution >= 0.6 is 11.8 Å². The molecule has 0 saturated heterocycles. The van der Waals surface area contributed by atoms with Gasteiger partial charge < -0.3 is 0 Å². The zero-order valence-corrected chi connectivity index (χ0v) is 11.5. The first-order valence-corrected chi connectivity index (χ1v) is 7.44. The Balaban J connectivity index is 1.92. The van der Waals surface area contributed by atoms with Crippen LogP contribution in [0.3, 0.4) is 0 Å². The van der Waals surface area contributed by atoms with Crippen LogP contribution in [0.2, 0.25) is 0 Å². The molecule has 92 valence electrons. The SMILES string of the molecule is CC(C)SCC(=O)Cc1ccc2c(c1)CCC2. The summed E-state index contributed by atoms with van der Waals surface area (Å²) in [4.78, 5) is 11.8. The van der Waals surface area contributed by atoms with Crippen LogP contribution in [0.15, 0.2) is 18.2 Å². The van der Waals surface area contributed by atoms with Gasteiger partial charge in [0.15, 0.2) is 0 Å². The molecule has 2 rings (SSSR count). The van der Waals surface area contributed by atoms with Gasteiger partial charge in [0.2, 0.25) is 0 Å². The average molecular weight is 248 g/mol. The van der Waals surface area contributed by atoms with Crippen LogP contribution in [0.5, 0.6) is 0 Å². The van der Waals surface area contributed by atoms with Crippen molar-refractivity contribution in [2.45, 2.75) is 44.8 Å². The highest BCUT2D eigenvalue weighted by molar-refractivity contribution is 8.00. The smallest absolute Gasteiger partial charge is 0.147 e. The Hall–Kier alpha value is -0.760. The van der Waals surface area contributed by atoms with Crippen molar-refractivity contribution < 1.29 is 4.79 Å². The topological polar surface area (TPSA) is 17.1 Å². The normalized spacial score (nSPS) is 14.1. The fourth-order valence-corrected chi connectivity index (χ4v) is 2.89. The fraction of sp³-hybridized carbons (Fsp3) is 0.533. The van der Waals surface area contributed by atoms with Gasteiger partial charge in [-0.2, -0.15) is 11.8 Å². The largest absolute Gasteiger partial charge is 0.298 e. The standard InChI is InChI=1S/C15H20OS/c1-11(2)17-10-15(16)9-12-6-7-13-4-3-5-14(13)8-12/h6-8,11H,3-5,9-10H2,1-2H3. The van der Waals surface area contributed by atoms with Crippen molar-refractivity contribution in [3.8, 4) is 0 Å². The molecule has 0 amide bonds. The van der Waals surface area contributed by atoms with Gasteiger partial charge in [0.25, 0.3) is 0 Å². The molecular formula is C15H20OS. The number of carbonyl (C=O) groups is 1. The molecule has 0 fully saturated rings. The van der Waals surface area contributed by atoms with E-state index in [0.29, 0.717) is 23.2 Å². The van der Waals surface area contributed by atoms with Crippen molar-refractivity contribution in [3.63, 3.8) is 0 Å². The summed E-state index contributed by atoms with van der Waals surface area (Å²) in [5, 5.41) is 0.541. The molecule has 0 bridgehead atoms. The van der Waals surface area contributed by atoms with Crippen LogP contribution in [-0.2, 0) is 24.1 Å². The summed E-state index contributed by atoms with van der Waals surface area (Å²) in [6.45, 7) is 4.26. The summed E-state index contributed by atoms with van der Waals surface area (Å²) in [5.74, 6) is 0.996. The molecule has 0 radical (unpaired) electrons. The first kappa shape index (κ1) is 12.7. The van der Waals surface area contributed by atoms with E-state index in [1.165, 1.54) is 36.0 Å². The van der Waals surface area contributed by atoms with Crippen molar-refractivity contribution in [2.75, 3.05) is 5.75 Å². The number of thioether (sulfide) groups is 1. The molecule has 1 aromatic rings. The minimum absolute atomic E-state index is 0.349. The van der Waals surface area contributed by atoms with E-state index in [9.17, 15) is 4.79 Å². The van der Waals surface area contributed by atoms with E-state index in [2.05, 4.69) is 32.0 Å². The van der Waals surface area contributed by atoms with E-state index in [4.69, 9.17) is 0 Å². The van der Waals surface area contributed by atoms with Crippen molar-refractivity contribution >= 4 is 17.5 Å². The lowest BCUT2D eigenvalue weighted by atomic mass is 10.0. The molecule has 0 unspecified atom stereocenters. The highest BCUT2D eigenvalue weighted by atomic mass is 32.2. The molecule has 1 aromatic carbocycles. The summed E-state index contributed by atoms with van der Waals surface area (Å²) in [5.41, 5.74) is 4.14. The Morgan fingerprint density at radius 2 is 2.06 bits per heavy atom. The molecular weight excluding hydrogens is 228 g/mol. The monoisotopic (exact) mass is 248 g/mol. The van der Waals surface area contributed by atoms with E-state index in [-0.39, 0.29) is 0 Å². The van der Waals surface area contributed by atoms with Crippen LogP contribution in [0.1, 0.15) is 37.0 Å². The molecule has 1 aliphatic rings. The van der Waals surface area contributed by atoms with Gasteiger partial charge in [0.05, 0.1) is 5.75 Å². The van der Waals surface area contributed by atoms with Crippen LogP contribution in [0.4, 0.5) is 0 Å². The molecule has 0 spiro atoms. The summed E-state index contributed by atoms with van der Waals surface area (Å²) >= 11 is 1.73. The third-order valence-corrected chi connectivity index (χ3v) is 4.30. The number of carbonyl (C=O) groups excluding carboxylic acids is 1. The molecule has 1 nitrogen and oxygen atoms in total. The van der Waals surface area contributed by atoms with Gasteiger partial charge in [-0.15, -0.1) is 0 Å². The lowest BCUT2D eigenvalue weighted by Crippen LogP contribution is -2.08. The third kappa shape index (κ3) is 3.60. The van der Waals surface area contributed by atoms with Gasteiger partial charge >= 0.3 is 0 Å². The summed E-state index contributed by atoms with van der Waals surface area (Å²) in [7, 11) is 0. The molecule has 17 heavy (non-hydrogen) atoms. The predicted octanol–water partition coefficient (Wildman–Crippen LogP) is 3.43. The lowest BCUT2D eigenvalue weighted by molar-refractivity contribution is -0.116. The quantitative estimate of drug-likeness (QED) is 0.794. The maximum Gasteiger partial charge on any atom is 0.147 e. The van der Waals surface area contributed by atoms with E-state index in [1.54, 1.807) is 11.8 Å². The molecule has 0 saturated carbocycles. The Morgan fingerprint density at radius 3 is 2.82 bits per heavy atom. The van der Waals surface area contributed by atoms with Gasteiger partial charge in [-0.3, -0.25) is 4.79 Å². The number of aryl methyl sites for hydroxylation is 2. The van der Waals surface area contributed by atoms with Gasteiger partial charge in [-0.05, 0) is 41.2 Å². The van der Waals surface area contributed by atoms with Gasteiger partial charge in [0, 0.05) is 6.42 Å². The zero-order valence-electron chi connectivity index (χ0n) is 10.7. The molecule has 0 aromatic heterocycles. The second kappa shape index (κ2) is 5.72. The van der Waals surface area contributed by atoms with Crippen molar-refractivity contribution in [2.24, 2.45) is 0 Å². The summed E-state index contributed by atoms with van der Waals surface area (Å²) in [6.07, 6.45) is 4.29. The van der Waals surface area contributed by atoms with Crippen LogP contribution in [0, 0.1) is 0 Å². The highest BCUT2D eigenvalue weighted by Crippen LogP contribution is 2.23. The Kier molecular flexibility index (Phi) is 4.27. The first-order chi connectivity index (χ1) is 8.15. The van der Waals surface area contributed by atoms with Gasteiger partial charge in [-0.1, -0.05) is 32.0 Å². The number of rotatable bonds is 5. The van der Waals surface area contributed by atoms with Gasteiger partial charge in [-0.25, -0.2) is 0 Å². The van der Waals surface area contributed by atoms with Gasteiger partial charge in [0.1, 0.15) is 5.78 Å².